The van der Waals surface area contributed by atoms with E-state index >= 15 is 0 Å². The van der Waals surface area contributed by atoms with Crippen molar-refractivity contribution in [3.8, 4) is 0 Å². The molecular formula is C12H16BrNO2. The van der Waals surface area contributed by atoms with E-state index in [2.05, 4.69) is 33.8 Å². The lowest BCUT2D eigenvalue weighted by molar-refractivity contribution is 0.0987. The quantitative estimate of drug-likeness (QED) is 0.904. The first kappa shape index (κ1) is 11.9. The van der Waals surface area contributed by atoms with Crippen LogP contribution in [0.4, 0.5) is 5.69 Å². The van der Waals surface area contributed by atoms with Crippen LogP contribution in [-0.2, 0) is 11.3 Å². The fourth-order valence-corrected chi connectivity index (χ4v) is 2.37. The first-order chi connectivity index (χ1) is 7.72. The average Bonchev–Trinajstić information content (AvgIpc) is 2.29. The van der Waals surface area contributed by atoms with Gasteiger partial charge in [-0.15, -0.1) is 0 Å². The van der Waals surface area contributed by atoms with E-state index in [-0.39, 0.29) is 6.61 Å². The van der Waals surface area contributed by atoms with Crippen LogP contribution < -0.4 is 4.90 Å². The monoisotopic (exact) mass is 285 g/mol. The molecule has 4 heteroatoms. The van der Waals surface area contributed by atoms with Gasteiger partial charge in [-0.1, -0.05) is 22.0 Å². The van der Waals surface area contributed by atoms with E-state index in [0.717, 1.165) is 35.5 Å². The molecule has 0 spiro atoms. The molecule has 16 heavy (non-hydrogen) atoms. The zero-order chi connectivity index (χ0) is 11.5. The Kier molecular flexibility index (Phi) is 3.84. The van der Waals surface area contributed by atoms with Gasteiger partial charge in [0.2, 0.25) is 0 Å². The highest BCUT2D eigenvalue weighted by Crippen LogP contribution is 2.28. The molecule has 1 N–H and O–H groups in total. The molecule has 0 aromatic heterocycles. The van der Waals surface area contributed by atoms with Crippen LogP contribution in [-0.4, -0.2) is 30.9 Å². The van der Waals surface area contributed by atoms with E-state index in [1.54, 1.807) is 0 Å². The summed E-state index contributed by atoms with van der Waals surface area (Å²) in [4.78, 5) is 2.29. The predicted octanol–water partition coefficient (Wildman–Crippen LogP) is 2.17. The molecule has 1 heterocycles. The lowest BCUT2D eigenvalue weighted by Gasteiger charge is -2.36. The number of halogens is 1. The number of rotatable bonds is 2. The van der Waals surface area contributed by atoms with Crippen molar-refractivity contribution in [3.05, 3.63) is 28.2 Å². The van der Waals surface area contributed by atoms with Crippen LogP contribution in [0.1, 0.15) is 12.5 Å². The first-order valence-corrected chi connectivity index (χ1v) is 6.25. The van der Waals surface area contributed by atoms with Gasteiger partial charge in [0.25, 0.3) is 0 Å². The number of hydrogen-bond donors (Lipinski definition) is 1. The Hall–Kier alpha value is -0.580. The number of benzene rings is 1. The van der Waals surface area contributed by atoms with Gasteiger partial charge in [0, 0.05) is 28.3 Å². The lowest BCUT2D eigenvalue weighted by Crippen LogP contribution is -2.44. The van der Waals surface area contributed by atoms with E-state index in [1.807, 2.05) is 12.1 Å². The molecule has 1 aromatic rings. The van der Waals surface area contributed by atoms with E-state index in [0.29, 0.717) is 6.04 Å². The summed E-state index contributed by atoms with van der Waals surface area (Å²) in [5.74, 6) is 0. The van der Waals surface area contributed by atoms with Crippen LogP contribution in [0.5, 0.6) is 0 Å². The van der Waals surface area contributed by atoms with Crippen LogP contribution >= 0.6 is 15.9 Å². The first-order valence-electron chi connectivity index (χ1n) is 5.46. The molecule has 88 valence electrons. The fourth-order valence-electron chi connectivity index (χ4n) is 2.02. The molecule has 3 nitrogen and oxygen atoms in total. The summed E-state index contributed by atoms with van der Waals surface area (Å²) in [6.07, 6.45) is 0. The second-order valence-electron chi connectivity index (χ2n) is 4.05. The highest BCUT2D eigenvalue weighted by Gasteiger charge is 2.21. The Morgan fingerprint density at radius 3 is 3.06 bits per heavy atom. The molecule has 0 bridgehead atoms. The number of nitrogens with zero attached hydrogens (tertiary/aromatic N) is 1. The molecule has 1 atom stereocenters. The summed E-state index contributed by atoms with van der Waals surface area (Å²) < 4.78 is 6.46. The van der Waals surface area contributed by atoms with Gasteiger partial charge in [0.05, 0.1) is 19.8 Å². The van der Waals surface area contributed by atoms with E-state index in [9.17, 15) is 5.11 Å². The van der Waals surface area contributed by atoms with Crippen LogP contribution in [0.3, 0.4) is 0 Å². The van der Waals surface area contributed by atoms with Crippen molar-refractivity contribution >= 4 is 21.6 Å². The van der Waals surface area contributed by atoms with Crippen LogP contribution in [0.15, 0.2) is 22.7 Å². The molecule has 1 aliphatic rings. The molecular weight excluding hydrogens is 270 g/mol. The van der Waals surface area contributed by atoms with Crippen LogP contribution in [0.2, 0.25) is 0 Å². The van der Waals surface area contributed by atoms with E-state index < -0.39 is 0 Å². The Balaban J connectivity index is 2.33. The standard InChI is InChI=1S/C12H16BrNO2/c1-9-8-16-5-4-14(9)12-6-11(13)3-2-10(12)7-15/h2-3,6,9,15H,4-5,7-8H2,1H3. The summed E-state index contributed by atoms with van der Waals surface area (Å²) in [6.45, 7) is 4.59. The van der Waals surface area contributed by atoms with Crippen molar-refractivity contribution in [3.63, 3.8) is 0 Å². The summed E-state index contributed by atoms with van der Waals surface area (Å²) in [5, 5.41) is 9.35. The van der Waals surface area contributed by atoms with Gasteiger partial charge in [0.15, 0.2) is 0 Å². The minimum atomic E-state index is 0.0761. The maximum absolute atomic E-state index is 9.35. The Bertz CT molecular complexity index is 370. The number of hydrogen-bond acceptors (Lipinski definition) is 3. The van der Waals surface area contributed by atoms with Gasteiger partial charge in [-0.25, -0.2) is 0 Å². The number of anilines is 1. The van der Waals surface area contributed by atoms with Crippen molar-refractivity contribution in [1.29, 1.82) is 0 Å². The lowest BCUT2D eigenvalue weighted by atomic mass is 10.1. The van der Waals surface area contributed by atoms with Crippen LogP contribution in [0.25, 0.3) is 0 Å². The molecule has 1 fully saturated rings. The third kappa shape index (κ3) is 2.39. The van der Waals surface area contributed by atoms with Gasteiger partial charge in [-0.3, -0.25) is 0 Å². The molecule has 1 aliphatic heterocycles. The largest absolute Gasteiger partial charge is 0.392 e. The zero-order valence-corrected chi connectivity index (χ0v) is 10.9. The second kappa shape index (κ2) is 5.17. The predicted molar refractivity (Wildman–Crippen MR) is 67.7 cm³/mol. The summed E-state index contributed by atoms with van der Waals surface area (Å²) >= 11 is 3.47. The molecule has 1 unspecified atom stereocenters. The number of aliphatic hydroxyl groups excluding tert-OH is 1. The molecule has 1 saturated heterocycles. The topological polar surface area (TPSA) is 32.7 Å². The minimum absolute atomic E-state index is 0.0761. The van der Waals surface area contributed by atoms with Crippen molar-refractivity contribution in [2.75, 3.05) is 24.7 Å². The fraction of sp³-hybridized carbons (Fsp3) is 0.500. The summed E-state index contributed by atoms with van der Waals surface area (Å²) in [6, 6.07) is 6.34. The average molecular weight is 286 g/mol. The van der Waals surface area contributed by atoms with E-state index in [1.165, 1.54) is 0 Å². The molecule has 0 amide bonds. The van der Waals surface area contributed by atoms with Gasteiger partial charge in [0.1, 0.15) is 0 Å². The maximum Gasteiger partial charge on any atom is 0.0702 e. The molecule has 0 aliphatic carbocycles. The third-order valence-corrected chi connectivity index (χ3v) is 3.39. The summed E-state index contributed by atoms with van der Waals surface area (Å²) in [7, 11) is 0. The molecule has 0 radical (unpaired) electrons. The molecule has 0 saturated carbocycles. The zero-order valence-electron chi connectivity index (χ0n) is 9.32. The highest BCUT2D eigenvalue weighted by atomic mass is 79.9. The van der Waals surface area contributed by atoms with Crippen molar-refractivity contribution in [1.82, 2.24) is 0 Å². The van der Waals surface area contributed by atoms with E-state index in [4.69, 9.17) is 4.74 Å². The Morgan fingerprint density at radius 1 is 1.56 bits per heavy atom. The van der Waals surface area contributed by atoms with Crippen molar-refractivity contribution in [2.45, 2.75) is 19.6 Å². The maximum atomic E-state index is 9.35. The smallest absolute Gasteiger partial charge is 0.0702 e. The number of ether oxygens (including phenoxy) is 1. The third-order valence-electron chi connectivity index (χ3n) is 2.89. The number of aliphatic hydroxyl groups is 1. The Morgan fingerprint density at radius 2 is 2.38 bits per heavy atom. The SMILES string of the molecule is CC1COCCN1c1cc(Br)ccc1CO. The molecule has 1 aromatic carbocycles. The second-order valence-corrected chi connectivity index (χ2v) is 4.96. The summed E-state index contributed by atoms with van der Waals surface area (Å²) in [5.41, 5.74) is 2.07. The minimum Gasteiger partial charge on any atom is -0.392 e. The number of morpholine rings is 1. The highest BCUT2D eigenvalue weighted by molar-refractivity contribution is 9.10. The normalized spacial score (nSPS) is 21.2. The van der Waals surface area contributed by atoms with Crippen molar-refractivity contribution < 1.29 is 9.84 Å². The van der Waals surface area contributed by atoms with Crippen molar-refractivity contribution in [2.24, 2.45) is 0 Å². The van der Waals surface area contributed by atoms with Gasteiger partial charge >= 0.3 is 0 Å². The van der Waals surface area contributed by atoms with Gasteiger partial charge in [-0.05, 0) is 19.1 Å². The Labute approximate surface area is 104 Å². The van der Waals surface area contributed by atoms with Crippen LogP contribution in [0, 0.1) is 0 Å². The van der Waals surface area contributed by atoms with Gasteiger partial charge in [-0.2, -0.15) is 0 Å². The van der Waals surface area contributed by atoms with Gasteiger partial charge < -0.3 is 14.7 Å². The molecule has 2 rings (SSSR count).